The fraction of sp³-hybridized carbons (Fsp3) is 0.163. The monoisotopic (exact) mass is 663 g/mol. The topological polar surface area (TPSA) is 23.5 Å². The first-order chi connectivity index (χ1) is 22.3. The summed E-state index contributed by atoms with van der Waals surface area (Å²) in [6.07, 6.45) is 2.17. The fourth-order valence-electron chi connectivity index (χ4n) is 7.17. The number of nitrogens with zero attached hydrogens (tertiary/aromatic N) is 1. The van der Waals surface area contributed by atoms with Gasteiger partial charge < -0.3 is 10.0 Å². The van der Waals surface area contributed by atoms with Crippen LogP contribution in [0.5, 0.6) is 0 Å². The highest BCUT2D eigenvalue weighted by Crippen LogP contribution is 2.53. The Morgan fingerprint density at radius 2 is 1.28 bits per heavy atom. The standard InChI is InChI=1S/C43H38BrNO/c1-4-14-30-21-25-37-41(27-30)45(35-19-12-7-13-20-35)40-26-22-31(28-39(40)42(37,2)3)36-24-23-34(44)29-38(36)43(46,32-15-8-5-9-16-32)33-17-10-6-11-18-33/h5-13,15-29,46H,4,14H2,1-3H3. The van der Waals surface area contributed by atoms with Gasteiger partial charge in [-0.3, -0.25) is 0 Å². The third-order valence-corrected chi connectivity index (χ3v) is 10.00. The van der Waals surface area contributed by atoms with E-state index in [1.54, 1.807) is 0 Å². The maximum atomic E-state index is 12.9. The molecule has 2 nitrogen and oxygen atoms in total. The van der Waals surface area contributed by atoms with Gasteiger partial charge in [0.1, 0.15) is 5.60 Å². The summed E-state index contributed by atoms with van der Waals surface area (Å²) in [4.78, 5) is 2.42. The van der Waals surface area contributed by atoms with Crippen LogP contribution in [0.4, 0.5) is 17.1 Å². The number of fused-ring (bicyclic) bond motifs is 2. The van der Waals surface area contributed by atoms with Crippen molar-refractivity contribution < 1.29 is 5.11 Å². The average molecular weight is 665 g/mol. The van der Waals surface area contributed by atoms with Gasteiger partial charge in [-0.1, -0.05) is 146 Å². The summed E-state index contributed by atoms with van der Waals surface area (Å²) in [7, 11) is 0. The maximum Gasteiger partial charge on any atom is 0.141 e. The fourth-order valence-corrected chi connectivity index (χ4v) is 7.53. The molecule has 0 atom stereocenters. The lowest BCUT2D eigenvalue weighted by Crippen LogP contribution is -2.31. The molecule has 0 aromatic heterocycles. The van der Waals surface area contributed by atoms with Gasteiger partial charge in [0.25, 0.3) is 0 Å². The smallest absolute Gasteiger partial charge is 0.141 e. The minimum Gasteiger partial charge on any atom is -0.376 e. The molecule has 3 heteroatoms. The Kier molecular flexibility index (Phi) is 7.92. The number of benzene rings is 6. The Hall–Kier alpha value is -4.44. The Balaban J connectivity index is 1.46. The second kappa shape index (κ2) is 12.1. The van der Waals surface area contributed by atoms with Crippen molar-refractivity contribution in [1.29, 1.82) is 0 Å². The molecule has 1 N–H and O–H groups in total. The van der Waals surface area contributed by atoms with Crippen molar-refractivity contribution in [3.8, 4) is 11.1 Å². The van der Waals surface area contributed by atoms with Crippen LogP contribution in [0.3, 0.4) is 0 Å². The van der Waals surface area contributed by atoms with Gasteiger partial charge >= 0.3 is 0 Å². The molecule has 0 amide bonds. The van der Waals surface area contributed by atoms with Gasteiger partial charge in [-0.2, -0.15) is 0 Å². The Morgan fingerprint density at radius 3 is 1.91 bits per heavy atom. The highest BCUT2D eigenvalue weighted by Gasteiger charge is 2.39. The highest BCUT2D eigenvalue weighted by molar-refractivity contribution is 9.10. The lowest BCUT2D eigenvalue weighted by molar-refractivity contribution is 0.126. The third-order valence-electron chi connectivity index (χ3n) is 9.51. The van der Waals surface area contributed by atoms with E-state index in [1.165, 1.54) is 28.1 Å². The van der Waals surface area contributed by atoms with E-state index in [0.717, 1.165) is 50.8 Å². The summed E-state index contributed by atoms with van der Waals surface area (Å²) in [5.74, 6) is 0. The highest BCUT2D eigenvalue weighted by atomic mass is 79.9. The first-order valence-corrected chi connectivity index (χ1v) is 16.9. The van der Waals surface area contributed by atoms with E-state index >= 15 is 0 Å². The van der Waals surface area contributed by atoms with Crippen LogP contribution in [-0.4, -0.2) is 5.11 Å². The van der Waals surface area contributed by atoms with Crippen molar-refractivity contribution in [3.63, 3.8) is 0 Å². The van der Waals surface area contributed by atoms with Crippen LogP contribution in [0.15, 0.2) is 150 Å². The predicted molar refractivity (Wildman–Crippen MR) is 195 cm³/mol. The molecule has 0 bridgehead atoms. The second-order valence-corrected chi connectivity index (χ2v) is 13.7. The van der Waals surface area contributed by atoms with Gasteiger partial charge in [0.2, 0.25) is 0 Å². The summed E-state index contributed by atoms with van der Waals surface area (Å²) in [5, 5.41) is 12.9. The molecule has 1 heterocycles. The number of halogens is 1. The number of rotatable bonds is 7. The lowest BCUT2D eigenvalue weighted by atomic mass is 9.72. The predicted octanol–water partition coefficient (Wildman–Crippen LogP) is 11.5. The van der Waals surface area contributed by atoms with Gasteiger partial charge in [0.05, 0.1) is 11.4 Å². The molecule has 7 rings (SSSR count). The van der Waals surface area contributed by atoms with E-state index in [9.17, 15) is 5.11 Å². The molecule has 0 saturated heterocycles. The van der Waals surface area contributed by atoms with E-state index in [0.29, 0.717) is 0 Å². The molecular formula is C43H38BrNO. The third kappa shape index (κ3) is 5.08. The van der Waals surface area contributed by atoms with Gasteiger partial charge in [0, 0.05) is 21.1 Å². The zero-order valence-corrected chi connectivity index (χ0v) is 28.1. The van der Waals surface area contributed by atoms with Crippen LogP contribution in [0.1, 0.15) is 60.6 Å². The van der Waals surface area contributed by atoms with E-state index in [-0.39, 0.29) is 5.41 Å². The molecular weight excluding hydrogens is 626 g/mol. The van der Waals surface area contributed by atoms with Crippen molar-refractivity contribution in [1.82, 2.24) is 0 Å². The van der Waals surface area contributed by atoms with Gasteiger partial charge in [-0.15, -0.1) is 0 Å². The van der Waals surface area contributed by atoms with Crippen molar-refractivity contribution >= 4 is 33.0 Å². The van der Waals surface area contributed by atoms with Crippen LogP contribution in [0, 0.1) is 0 Å². The summed E-state index contributed by atoms with van der Waals surface area (Å²) < 4.78 is 0.918. The molecule has 0 spiro atoms. The zero-order chi connectivity index (χ0) is 31.9. The van der Waals surface area contributed by atoms with Crippen LogP contribution in [0.2, 0.25) is 0 Å². The molecule has 6 aromatic rings. The molecule has 0 radical (unpaired) electrons. The van der Waals surface area contributed by atoms with E-state index in [2.05, 4.69) is 127 Å². The van der Waals surface area contributed by atoms with Crippen LogP contribution < -0.4 is 4.90 Å². The largest absolute Gasteiger partial charge is 0.376 e. The minimum atomic E-state index is -1.37. The van der Waals surface area contributed by atoms with Gasteiger partial charge in [0.15, 0.2) is 0 Å². The summed E-state index contributed by atoms with van der Waals surface area (Å²) >= 11 is 3.74. The number of hydrogen-bond donors (Lipinski definition) is 1. The average Bonchev–Trinajstić information content (AvgIpc) is 3.09. The number of para-hydroxylation sites is 1. The second-order valence-electron chi connectivity index (χ2n) is 12.8. The Bertz CT molecular complexity index is 1960. The van der Waals surface area contributed by atoms with Crippen molar-refractivity contribution in [2.45, 2.75) is 44.6 Å². The first kappa shape index (κ1) is 30.2. The molecule has 46 heavy (non-hydrogen) atoms. The molecule has 0 aliphatic carbocycles. The van der Waals surface area contributed by atoms with E-state index in [4.69, 9.17) is 0 Å². The Labute approximate surface area is 281 Å². The SMILES string of the molecule is CCCc1ccc2c(c1)N(c1ccccc1)c1ccc(-c3ccc(Br)cc3C(O)(c3ccccc3)c3ccccc3)cc1C2(C)C. The maximum absolute atomic E-state index is 12.9. The van der Waals surface area contributed by atoms with Crippen molar-refractivity contribution in [2.75, 3.05) is 4.90 Å². The lowest BCUT2D eigenvalue weighted by Gasteiger charge is -2.42. The quantitative estimate of drug-likeness (QED) is 0.172. The van der Waals surface area contributed by atoms with Crippen LogP contribution in [-0.2, 0) is 17.4 Å². The van der Waals surface area contributed by atoms with Crippen LogP contribution in [0.25, 0.3) is 11.1 Å². The van der Waals surface area contributed by atoms with E-state index < -0.39 is 5.60 Å². The normalized spacial score (nSPS) is 13.6. The van der Waals surface area contributed by atoms with Gasteiger partial charge in [-0.05, 0) is 87.8 Å². The molecule has 1 aliphatic rings. The molecule has 6 aromatic carbocycles. The van der Waals surface area contributed by atoms with Crippen molar-refractivity contribution in [2.24, 2.45) is 0 Å². The molecule has 0 saturated carbocycles. The molecule has 228 valence electrons. The number of aryl methyl sites for hydroxylation is 1. The van der Waals surface area contributed by atoms with Gasteiger partial charge in [-0.25, -0.2) is 0 Å². The number of hydrogen-bond acceptors (Lipinski definition) is 2. The summed E-state index contributed by atoms with van der Waals surface area (Å²) in [6, 6.07) is 50.8. The summed E-state index contributed by atoms with van der Waals surface area (Å²) in [5.41, 5.74) is 10.4. The van der Waals surface area contributed by atoms with E-state index in [1.807, 2.05) is 60.7 Å². The first-order valence-electron chi connectivity index (χ1n) is 16.1. The molecule has 0 fully saturated rings. The number of anilines is 3. The molecule has 1 aliphatic heterocycles. The Morgan fingerprint density at radius 1 is 0.652 bits per heavy atom. The number of aliphatic hydroxyl groups is 1. The molecule has 0 unspecified atom stereocenters. The summed E-state index contributed by atoms with van der Waals surface area (Å²) in [6.45, 7) is 6.91. The minimum absolute atomic E-state index is 0.249. The zero-order valence-electron chi connectivity index (χ0n) is 26.5. The van der Waals surface area contributed by atoms with Crippen molar-refractivity contribution in [3.05, 3.63) is 183 Å². The van der Waals surface area contributed by atoms with Crippen LogP contribution >= 0.6 is 15.9 Å².